The molecule has 1 aliphatic rings. The predicted octanol–water partition coefficient (Wildman–Crippen LogP) is 0.411. The van der Waals surface area contributed by atoms with E-state index in [1.807, 2.05) is 0 Å². The molecule has 8 heteroatoms. The average Bonchev–Trinajstić information content (AvgIpc) is 2.77. The van der Waals surface area contributed by atoms with Gasteiger partial charge < -0.3 is 10.1 Å². The molecule has 0 radical (unpaired) electrons. The zero-order valence-electron chi connectivity index (χ0n) is 11.7. The van der Waals surface area contributed by atoms with Crippen molar-refractivity contribution in [1.82, 2.24) is 4.72 Å². The lowest BCUT2D eigenvalue weighted by molar-refractivity contribution is -0.144. The molecule has 1 heterocycles. The molecule has 0 saturated heterocycles. The molecule has 2 N–H and O–H groups in total. The van der Waals surface area contributed by atoms with Crippen molar-refractivity contribution in [2.45, 2.75) is 31.2 Å². The fourth-order valence-corrected chi connectivity index (χ4v) is 3.23. The summed E-state index contributed by atoms with van der Waals surface area (Å²) in [5, 5.41) is 2.62. The molecule has 21 heavy (non-hydrogen) atoms. The lowest BCUT2D eigenvalue weighted by Gasteiger charge is -2.13. The van der Waals surface area contributed by atoms with E-state index in [0.717, 1.165) is 0 Å². The summed E-state index contributed by atoms with van der Waals surface area (Å²) >= 11 is 0. The predicted molar refractivity (Wildman–Crippen MR) is 75.2 cm³/mol. The minimum Gasteiger partial charge on any atom is -0.465 e. The molecular weight excluding hydrogens is 296 g/mol. The Kier molecular flexibility index (Phi) is 4.29. The highest BCUT2D eigenvalue weighted by molar-refractivity contribution is 7.89. The van der Waals surface area contributed by atoms with E-state index in [1.54, 1.807) is 6.92 Å². The number of rotatable bonds is 5. The summed E-state index contributed by atoms with van der Waals surface area (Å²) < 4.78 is 31.4. The smallest absolute Gasteiger partial charge is 0.323 e. The second-order valence-corrected chi connectivity index (χ2v) is 6.35. The molecule has 0 saturated carbocycles. The molecule has 0 aromatic heterocycles. The van der Waals surface area contributed by atoms with Gasteiger partial charge in [0, 0.05) is 5.69 Å². The van der Waals surface area contributed by atoms with E-state index in [1.165, 1.54) is 25.1 Å². The molecule has 0 aliphatic carbocycles. The Hall–Kier alpha value is -1.93. The minimum atomic E-state index is -3.85. The normalized spacial score (nSPS) is 15.2. The standard InChI is InChI=1S/C13H16N2O5S/c1-3-20-13(17)8(2)15-21(18,19)10-4-5-11-9(6-10)7-12(16)14-11/h4-6,8,15H,3,7H2,1-2H3,(H,14,16). The molecule has 1 amide bonds. The van der Waals surface area contributed by atoms with Gasteiger partial charge in [0.15, 0.2) is 0 Å². The van der Waals surface area contributed by atoms with Crippen LogP contribution < -0.4 is 10.0 Å². The highest BCUT2D eigenvalue weighted by Gasteiger charge is 2.25. The molecule has 0 bridgehead atoms. The van der Waals surface area contributed by atoms with E-state index in [2.05, 4.69) is 10.0 Å². The number of hydrogen-bond donors (Lipinski definition) is 2. The van der Waals surface area contributed by atoms with Gasteiger partial charge in [-0.3, -0.25) is 9.59 Å². The number of sulfonamides is 1. The fraction of sp³-hybridized carbons (Fsp3) is 0.385. The SMILES string of the molecule is CCOC(=O)C(C)NS(=O)(=O)c1ccc2c(c1)CC(=O)N2. The Balaban J connectivity index is 2.19. The third-order valence-corrected chi connectivity index (χ3v) is 4.52. The monoisotopic (exact) mass is 312 g/mol. The average molecular weight is 312 g/mol. The van der Waals surface area contributed by atoms with Crippen molar-refractivity contribution in [3.63, 3.8) is 0 Å². The molecule has 2 rings (SSSR count). The highest BCUT2D eigenvalue weighted by atomic mass is 32.2. The Bertz CT molecular complexity index is 684. The van der Waals surface area contributed by atoms with Crippen LogP contribution in [-0.4, -0.2) is 32.9 Å². The Morgan fingerprint density at radius 3 is 2.86 bits per heavy atom. The summed E-state index contributed by atoms with van der Waals surface area (Å²) in [5.41, 5.74) is 1.23. The second-order valence-electron chi connectivity index (χ2n) is 4.64. The first-order valence-corrected chi connectivity index (χ1v) is 7.93. The van der Waals surface area contributed by atoms with Crippen molar-refractivity contribution >= 4 is 27.6 Å². The van der Waals surface area contributed by atoms with Gasteiger partial charge in [-0.05, 0) is 37.6 Å². The summed E-state index contributed by atoms with van der Waals surface area (Å²) in [5.74, 6) is -0.813. The number of nitrogens with one attached hydrogen (secondary N) is 2. The number of ether oxygens (including phenoxy) is 1. The lowest BCUT2D eigenvalue weighted by Crippen LogP contribution is -2.39. The third kappa shape index (κ3) is 3.40. The van der Waals surface area contributed by atoms with Gasteiger partial charge in [-0.2, -0.15) is 4.72 Å². The molecule has 7 nitrogen and oxygen atoms in total. The van der Waals surface area contributed by atoms with E-state index in [9.17, 15) is 18.0 Å². The molecule has 1 atom stereocenters. The largest absolute Gasteiger partial charge is 0.465 e. The van der Waals surface area contributed by atoms with Crippen molar-refractivity contribution < 1.29 is 22.7 Å². The van der Waals surface area contributed by atoms with Crippen LogP contribution in [0.3, 0.4) is 0 Å². The summed E-state index contributed by atoms with van der Waals surface area (Å²) in [7, 11) is -3.85. The summed E-state index contributed by atoms with van der Waals surface area (Å²) in [4.78, 5) is 22.7. The molecule has 1 aliphatic heterocycles. The quantitative estimate of drug-likeness (QED) is 0.767. The molecule has 1 aromatic rings. The number of anilines is 1. The maximum Gasteiger partial charge on any atom is 0.323 e. The van der Waals surface area contributed by atoms with Crippen LogP contribution in [0.25, 0.3) is 0 Å². The van der Waals surface area contributed by atoms with Crippen LogP contribution in [0.5, 0.6) is 0 Å². The number of carbonyl (C=O) groups excluding carboxylic acids is 2. The van der Waals surface area contributed by atoms with Crippen LogP contribution in [0.15, 0.2) is 23.1 Å². The van der Waals surface area contributed by atoms with Crippen LogP contribution >= 0.6 is 0 Å². The number of fused-ring (bicyclic) bond motifs is 1. The first-order chi connectivity index (χ1) is 9.83. The maximum absolute atomic E-state index is 12.2. The van der Waals surface area contributed by atoms with E-state index in [0.29, 0.717) is 11.3 Å². The minimum absolute atomic E-state index is 0.00824. The van der Waals surface area contributed by atoms with Crippen LogP contribution in [0, 0.1) is 0 Å². The molecule has 0 fully saturated rings. The first kappa shape index (κ1) is 15.5. The van der Waals surface area contributed by atoms with Gasteiger partial charge in [-0.25, -0.2) is 8.42 Å². The number of esters is 1. The van der Waals surface area contributed by atoms with Crippen LogP contribution in [0.1, 0.15) is 19.4 Å². The van der Waals surface area contributed by atoms with Gasteiger partial charge in [-0.15, -0.1) is 0 Å². The molecule has 1 aromatic carbocycles. The second kappa shape index (κ2) is 5.82. The van der Waals surface area contributed by atoms with Crippen molar-refractivity contribution in [3.05, 3.63) is 23.8 Å². The molecule has 1 unspecified atom stereocenters. The van der Waals surface area contributed by atoms with E-state index in [-0.39, 0.29) is 23.8 Å². The Morgan fingerprint density at radius 1 is 1.48 bits per heavy atom. The number of benzene rings is 1. The van der Waals surface area contributed by atoms with Gasteiger partial charge in [0.05, 0.1) is 17.9 Å². The number of hydrogen-bond acceptors (Lipinski definition) is 5. The summed E-state index contributed by atoms with van der Waals surface area (Å²) in [6, 6.07) is 3.35. The van der Waals surface area contributed by atoms with Gasteiger partial charge in [0.1, 0.15) is 6.04 Å². The van der Waals surface area contributed by atoms with Crippen molar-refractivity contribution in [1.29, 1.82) is 0 Å². The Labute approximate surface area is 122 Å². The lowest BCUT2D eigenvalue weighted by atomic mass is 10.2. The number of amides is 1. The van der Waals surface area contributed by atoms with Gasteiger partial charge >= 0.3 is 5.97 Å². The Morgan fingerprint density at radius 2 is 2.19 bits per heavy atom. The van der Waals surface area contributed by atoms with E-state index >= 15 is 0 Å². The molecule has 0 spiro atoms. The summed E-state index contributed by atoms with van der Waals surface area (Å²) in [6.07, 6.45) is 0.145. The van der Waals surface area contributed by atoms with Crippen molar-refractivity contribution in [2.24, 2.45) is 0 Å². The molecule has 114 valence electrons. The van der Waals surface area contributed by atoms with E-state index < -0.39 is 22.0 Å². The number of carbonyl (C=O) groups is 2. The van der Waals surface area contributed by atoms with Gasteiger partial charge in [-0.1, -0.05) is 0 Å². The van der Waals surface area contributed by atoms with Crippen LogP contribution in [0.4, 0.5) is 5.69 Å². The van der Waals surface area contributed by atoms with Gasteiger partial charge in [0.2, 0.25) is 15.9 Å². The van der Waals surface area contributed by atoms with Gasteiger partial charge in [0.25, 0.3) is 0 Å². The maximum atomic E-state index is 12.2. The van der Waals surface area contributed by atoms with E-state index in [4.69, 9.17) is 4.74 Å². The third-order valence-electron chi connectivity index (χ3n) is 2.98. The summed E-state index contributed by atoms with van der Waals surface area (Å²) in [6.45, 7) is 3.23. The zero-order valence-corrected chi connectivity index (χ0v) is 12.5. The first-order valence-electron chi connectivity index (χ1n) is 6.45. The van der Waals surface area contributed by atoms with Crippen molar-refractivity contribution in [3.8, 4) is 0 Å². The van der Waals surface area contributed by atoms with Crippen LogP contribution in [-0.2, 0) is 30.8 Å². The molecular formula is C13H16N2O5S. The highest BCUT2D eigenvalue weighted by Crippen LogP contribution is 2.25. The topological polar surface area (TPSA) is 102 Å². The van der Waals surface area contributed by atoms with Crippen molar-refractivity contribution in [2.75, 3.05) is 11.9 Å². The van der Waals surface area contributed by atoms with Crippen LogP contribution in [0.2, 0.25) is 0 Å². The fourth-order valence-electron chi connectivity index (χ4n) is 1.99. The zero-order chi connectivity index (χ0) is 15.6.